The van der Waals surface area contributed by atoms with Crippen LogP contribution in [0.15, 0.2) is 18.5 Å². The molecule has 5 heteroatoms. The standard InChI is InChI=1S/C14H22FN3.ClH/c1-2-7-18(14-3-5-16-6-4-14)11-12-8-13(15)10-17-9-12;/h8-10,14,16H,2-7,11H2,1H3;1H. The number of nitrogens with one attached hydrogen (secondary N) is 1. The fourth-order valence-corrected chi connectivity index (χ4v) is 2.63. The normalized spacial score (nSPS) is 16.4. The number of hydrogen-bond acceptors (Lipinski definition) is 3. The number of pyridine rings is 1. The predicted octanol–water partition coefficient (Wildman–Crippen LogP) is 2.61. The largest absolute Gasteiger partial charge is 0.317 e. The zero-order valence-corrected chi connectivity index (χ0v) is 12.3. The van der Waals surface area contributed by atoms with Crippen molar-refractivity contribution in [2.45, 2.75) is 38.8 Å². The highest BCUT2D eigenvalue weighted by atomic mass is 35.5. The van der Waals surface area contributed by atoms with Gasteiger partial charge in [0.2, 0.25) is 0 Å². The van der Waals surface area contributed by atoms with E-state index in [9.17, 15) is 4.39 Å². The van der Waals surface area contributed by atoms with Crippen molar-refractivity contribution in [1.82, 2.24) is 15.2 Å². The Morgan fingerprint density at radius 2 is 2.11 bits per heavy atom. The highest BCUT2D eigenvalue weighted by Crippen LogP contribution is 2.16. The minimum Gasteiger partial charge on any atom is -0.317 e. The summed E-state index contributed by atoms with van der Waals surface area (Å²) in [6, 6.07) is 2.21. The van der Waals surface area contributed by atoms with E-state index in [0.717, 1.165) is 38.2 Å². The van der Waals surface area contributed by atoms with Crippen molar-refractivity contribution < 1.29 is 4.39 Å². The third-order valence-corrected chi connectivity index (χ3v) is 3.48. The van der Waals surface area contributed by atoms with E-state index in [1.54, 1.807) is 12.3 Å². The maximum atomic E-state index is 13.2. The molecule has 0 saturated carbocycles. The molecular weight excluding hydrogens is 265 g/mol. The molecule has 0 amide bonds. The fourth-order valence-electron chi connectivity index (χ4n) is 2.63. The van der Waals surface area contributed by atoms with E-state index in [1.807, 2.05) is 0 Å². The molecule has 1 N–H and O–H groups in total. The van der Waals surface area contributed by atoms with Gasteiger partial charge in [-0.05, 0) is 50.5 Å². The lowest BCUT2D eigenvalue weighted by molar-refractivity contribution is 0.154. The van der Waals surface area contributed by atoms with Crippen molar-refractivity contribution in [1.29, 1.82) is 0 Å². The van der Waals surface area contributed by atoms with Gasteiger partial charge in [0.15, 0.2) is 0 Å². The summed E-state index contributed by atoms with van der Waals surface area (Å²) in [6.45, 7) is 6.25. The SMILES string of the molecule is CCCN(Cc1cncc(F)c1)C1CCNCC1.Cl. The Hall–Kier alpha value is -0.710. The van der Waals surface area contributed by atoms with Crippen LogP contribution in [0.2, 0.25) is 0 Å². The number of piperidine rings is 1. The molecule has 108 valence electrons. The molecule has 2 rings (SSSR count). The maximum absolute atomic E-state index is 13.2. The van der Waals surface area contributed by atoms with Gasteiger partial charge in [-0.2, -0.15) is 0 Å². The number of rotatable bonds is 5. The van der Waals surface area contributed by atoms with E-state index in [4.69, 9.17) is 0 Å². The van der Waals surface area contributed by atoms with Crippen LogP contribution in [-0.4, -0.2) is 35.6 Å². The van der Waals surface area contributed by atoms with Crippen LogP contribution in [0.1, 0.15) is 31.7 Å². The molecule has 1 fully saturated rings. The third kappa shape index (κ3) is 5.05. The summed E-state index contributed by atoms with van der Waals surface area (Å²) >= 11 is 0. The Morgan fingerprint density at radius 3 is 2.74 bits per heavy atom. The van der Waals surface area contributed by atoms with Gasteiger partial charge in [0.25, 0.3) is 0 Å². The van der Waals surface area contributed by atoms with Crippen LogP contribution in [0.25, 0.3) is 0 Å². The maximum Gasteiger partial charge on any atom is 0.141 e. The highest BCUT2D eigenvalue weighted by Gasteiger charge is 2.20. The molecule has 0 bridgehead atoms. The van der Waals surface area contributed by atoms with Crippen molar-refractivity contribution >= 4 is 12.4 Å². The van der Waals surface area contributed by atoms with E-state index in [1.165, 1.54) is 19.0 Å². The molecule has 1 aromatic rings. The van der Waals surface area contributed by atoms with Crippen molar-refractivity contribution in [2.24, 2.45) is 0 Å². The van der Waals surface area contributed by atoms with Crippen molar-refractivity contribution in [3.8, 4) is 0 Å². The van der Waals surface area contributed by atoms with E-state index in [2.05, 4.69) is 22.1 Å². The van der Waals surface area contributed by atoms with Gasteiger partial charge in [-0.1, -0.05) is 6.92 Å². The summed E-state index contributed by atoms with van der Waals surface area (Å²) < 4.78 is 13.2. The van der Waals surface area contributed by atoms with E-state index in [0.29, 0.717) is 6.04 Å². The van der Waals surface area contributed by atoms with Gasteiger partial charge >= 0.3 is 0 Å². The molecule has 19 heavy (non-hydrogen) atoms. The summed E-state index contributed by atoms with van der Waals surface area (Å²) in [4.78, 5) is 6.40. The average molecular weight is 288 g/mol. The van der Waals surface area contributed by atoms with Gasteiger partial charge in [0.1, 0.15) is 5.82 Å². The summed E-state index contributed by atoms with van der Waals surface area (Å²) in [5.41, 5.74) is 0.974. The smallest absolute Gasteiger partial charge is 0.141 e. The lowest BCUT2D eigenvalue weighted by atomic mass is 10.0. The summed E-state index contributed by atoms with van der Waals surface area (Å²) in [6.07, 6.45) is 6.53. The van der Waals surface area contributed by atoms with E-state index in [-0.39, 0.29) is 18.2 Å². The number of aromatic nitrogens is 1. The first kappa shape index (κ1) is 16.3. The zero-order valence-electron chi connectivity index (χ0n) is 11.4. The molecule has 2 heterocycles. The average Bonchev–Trinajstić information content (AvgIpc) is 2.39. The minimum absolute atomic E-state index is 0. The van der Waals surface area contributed by atoms with Crippen LogP contribution in [0.5, 0.6) is 0 Å². The molecule has 0 atom stereocenters. The van der Waals surface area contributed by atoms with Gasteiger partial charge in [-0.15, -0.1) is 12.4 Å². The molecule has 0 aliphatic carbocycles. The van der Waals surface area contributed by atoms with Crippen LogP contribution in [0, 0.1) is 5.82 Å². The monoisotopic (exact) mass is 287 g/mol. The Labute approximate surface area is 121 Å². The second-order valence-corrected chi connectivity index (χ2v) is 4.96. The predicted molar refractivity (Wildman–Crippen MR) is 78.0 cm³/mol. The van der Waals surface area contributed by atoms with Gasteiger partial charge in [0.05, 0.1) is 6.20 Å². The van der Waals surface area contributed by atoms with E-state index < -0.39 is 0 Å². The Bertz CT molecular complexity index is 369. The fraction of sp³-hybridized carbons (Fsp3) is 0.643. The number of hydrogen-bond donors (Lipinski definition) is 1. The number of halogens is 2. The van der Waals surface area contributed by atoms with Crippen molar-refractivity contribution in [2.75, 3.05) is 19.6 Å². The first-order chi connectivity index (χ1) is 8.79. The molecule has 3 nitrogen and oxygen atoms in total. The quantitative estimate of drug-likeness (QED) is 0.902. The summed E-state index contributed by atoms with van der Waals surface area (Å²) in [5.74, 6) is -0.241. The van der Waals surface area contributed by atoms with Crippen molar-refractivity contribution in [3.63, 3.8) is 0 Å². The van der Waals surface area contributed by atoms with Crippen LogP contribution in [-0.2, 0) is 6.54 Å². The minimum atomic E-state index is -0.241. The molecule has 1 aliphatic rings. The first-order valence-corrected chi connectivity index (χ1v) is 6.83. The van der Waals surface area contributed by atoms with Crippen LogP contribution < -0.4 is 5.32 Å². The Morgan fingerprint density at radius 1 is 1.37 bits per heavy atom. The van der Waals surface area contributed by atoms with Crippen LogP contribution >= 0.6 is 12.4 Å². The van der Waals surface area contributed by atoms with Gasteiger partial charge in [0, 0.05) is 18.8 Å². The highest BCUT2D eigenvalue weighted by molar-refractivity contribution is 5.85. The third-order valence-electron chi connectivity index (χ3n) is 3.48. The number of nitrogens with zero attached hydrogens (tertiary/aromatic N) is 2. The molecule has 0 radical (unpaired) electrons. The molecule has 1 aliphatic heterocycles. The van der Waals surface area contributed by atoms with Gasteiger partial charge in [-0.3, -0.25) is 9.88 Å². The van der Waals surface area contributed by atoms with E-state index >= 15 is 0 Å². The molecular formula is C14H23ClFN3. The second kappa shape index (κ2) is 8.46. The summed E-state index contributed by atoms with van der Waals surface area (Å²) in [5, 5.41) is 3.39. The van der Waals surface area contributed by atoms with Crippen molar-refractivity contribution in [3.05, 3.63) is 29.8 Å². The second-order valence-electron chi connectivity index (χ2n) is 4.96. The zero-order chi connectivity index (χ0) is 12.8. The molecule has 0 spiro atoms. The Balaban J connectivity index is 0.00000180. The van der Waals surface area contributed by atoms with Crippen LogP contribution in [0.4, 0.5) is 4.39 Å². The topological polar surface area (TPSA) is 28.2 Å². The summed E-state index contributed by atoms with van der Waals surface area (Å²) in [7, 11) is 0. The van der Waals surface area contributed by atoms with Gasteiger partial charge < -0.3 is 5.32 Å². The lowest BCUT2D eigenvalue weighted by Crippen LogP contribution is -2.43. The molecule has 1 saturated heterocycles. The molecule has 1 aromatic heterocycles. The molecule has 0 unspecified atom stereocenters. The molecule has 0 aromatic carbocycles. The van der Waals surface area contributed by atoms with Crippen LogP contribution in [0.3, 0.4) is 0 Å². The first-order valence-electron chi connectivity index (χ1n) is 6.83. The lowest BCUT2D eigenvalue weighted by Gasteiger charge is -2.34. The van der Waals surface area contributed by atoms with Gasteiger partial charge in [-0.25, -0.2) is 4.39 Å². The Kier molecular flexibility index (Phi) is 7.28.